The quantitative estimate of drug-likeness (QED) is 0.638. The van der Waals surface area contributed by atoms with Gasteiger partial charge in [0, 0.05) is 13.1 Å². The largest absolute Gasteiger partial charge is 0.444 e. The zero-order valence-corrected chi connectivity index (χ0v) is 18.0. The van der Waals surface area contributed by atoms with Crippen LogP contribution in [0.25, 0.3) is 5.69 Å². The number of amides is 1. The van der Waals surface area contributed by atoms with Gasteiger partial charge in [-0.3, -0.25) is 9.80 Å². The molecule has 1 amide bonds. The van der Waals surface area contributed by atoms with Crippen molar-refractivity contribution in [2.75, 3.05) is 26.2 Å². The molecule has 0 radical (unpaired) electrons. The van der Waals surface area contributed by atoms with E-state index in [2.05, 4.69) is 51.4 Å². The van der Waals surface area contributed by atoms with E-state index in [-0.39, 0.29) is 18.2 Å². The first-order valence-electron chi connectivity index (χ1n) is 11.5. The van der Waals surface area contributed by atoms with Crippen molar-refractivity contribution in [2.45, 2.75) is 31.4 Å². The van der Waals surface area contributed by atoms with Gasteiger partial charge in [0.2, 0.25) is 0 Å². The molecule has 4 aliphatic rings. The molecule has 0 N–H and O–H groups in total. The standard InChI is InChI=1S/C25H27N5O2/c31-25(32-23-15-28-12-9-19(23)10-13-28)29-14-11-18-3-1-2-4-22(18)24(29)20-5-7-21(8-6-20)30-17-26-16-27-30/h1-8,16-17,19,23-24H,9-15H2/t23-,24+/m1/s1. The van der Waals surface area contributed by atoms with Crippen molar-refractivity contribution >= 4 is 6.09 Å². The normalized spacial score (nSPS) is 26.6. The fourth-order valence-electron chi connectivity index (χ4n) is 5.52. The van der Waals surface area contributed by atoms with Gasteiger partial charge in [0.1, 0.15) is 18.8 Å². The Bertz CT molecular complexity index is 1090. The molecule has 2 atom stereocenters. The van der Waals surface area contributed by atoms with Crippen molar-refractivity contribution in [3.05, 3.63) is 77.9 Å². The molecule has 0 saturated carbocycles. The van der Waals surface area contributed by atoms with E-state index in [1.807, 2.05) is 17.0 Å². The Morgan fingerprint density at radius 2 is 1.81 bits per heavy atom. The average Bonchev–Trinajstić information content (AvgIpc) is 3.39. The smallest absolute Gasteiger partial charge is 0.410 e. The van der Waals surface area contributed by atoms with E-state index < -0.39 is 0 Å². The molecule has 32 heavy (non-hydrogen) atoms. The first-order valence-corrected chi connectivity index (χ1v) is 11.5. The predicted octanol–water partition coefficient (Wildman–Crippen LogP) is 3.45. The van der Waals surface area contributed by atoms with Crippen LogP contribution >= 0.6 is 0 Å². The fraction of sp³-hybridized carbons (Fsp3) is 0.400. The molecule has 7 nitrogen and oxygen atoms in total. The molecule has 7 heteroatoms. The molecule has 3 fully saturated rings. The molecule has 3 aromatic rings. The summed E-state index contributed by atoms with van der Waals surface area (Å²) in [4.78, 5) is 21.8. The number of carbonyl (C=O) groups excluding carboxylic acids is 1. The summed E-state index contributed by atoms with van der Waals surface area (Å²) in [5.74, 6) is 0.501. The van der Waals surface area contributed by atoms with Crippen molar-refractivity contribution in [3.8, 4) is 5.69 Å². The molecule has 0 spiro atoms. The fourth-order valence-corrected chi connectivity index (χ4v) is 5.52. The minimum atomic E-state index is -0.191. The van der Waals surface area contributed by atoms with Gasteiger partial charge in [0.05, 0.1) is 11.7 Å². The molecule has 4 aliphatic heterocycles. The third-order valence-electron chi connectivity index (χ3n) is 7.26. The molecule has 2 aromatic carbocycles. The van der Waals surface area contributed by atoms with Crippen LogP contribution in [0.3, 0.4) is 0 Å². The molecule has 2 bridgehead atoms. The van der Waals surface area contributed by atoms with E-state index in [0.717, 1.165) is 50.1 Å². The van der Waals surface area contributed by atoms with Gasteiger partial charge in [-0.15, -0.1) is 0 Å². The zero-order valence-electron chi connectivity index (χ0n) is 18.0. The van der Waals surface area contributed by atoms with Crippen LogP contribution < -0.4 is 0 Å². The van der Waals surface area contributed by atoms with Crippen LogP contribution in [0.4, 0.5) is 4.79 Å². The number of ether oxygens (including phenoxy) is 1. The SMILES string of the molecule is O=C(O[C@@H]1CN2CCC1CC2)N1CCc2ccccc2[C@@H]1c1ccc(-n2cncn2)cc1. The second kappa shape index (κ2) is 8.06. The number of carbonyl (C=O) groups is 1. The summed E-state index contributed by atoms with van der Waals surface area (Å²) in [5, 5.41) is 4.21. The first kappa shape index (κ1) is 19.5. The highest BCUT2D eigenvalue weighted by Crippen LogP contribution is 2.37. The van der Waals surface area contributed by atoms with E-state index in [9.17, 15) is 4.79 Å². The maximum absolute atomic E-state index is 13.5. The summed E-state index contributed by atoms with van der Waals surface area (Å²) < 4.78 is 7.87. The van der Waals surface area contributed by atoms with Gasteiger partial charge in [0.15, 0.2) is 0 Å². The van der Waals surface area contributed by atoms with E-state index in [0.29, 0.717) is 12.5 Å². The maximum atomic E-state index is 13.5. The van der Waals surface area contributed by atoms with Crippen LogP contribution in [-0.4, -0.2) is 62.9 Å². The molecule has 1 aromatic heterocycles. The molecule has 3 saturated heterocycles. The van der Waals surface area contributed by atoms with E-state index in [1.54, 1.807) is 11.0 Å². The number of aromatic nitrogens is 3. The maximum Gasteiger partial charge on any atom is 0.410 e. The van der Waals surface area contributed by atoms with Gasteiger partial charge in [-0.1, -0.05) is 36.4 Å². The molecule has 0 aliphatic carbocycles. The molecule has 5 heterocycles. The zero-order chi connectivity index (χ0) is 21.5. The Hall–Kier alpha value is -3.19. The Balaban J connectivity index is 1.30. The van der Waals surface area contributed by atoms with Gasteiger partial charge in [-0.05, 0) is 67.1 Å². The number of benzene rings is 2. The average molecular weight is 430 g/mol. The summed E-state index contributed by atoms with van der Waals surface area (Å²) in [6, 6.07) is 16.5. The summed E-state index contributed by atoms with van der Waals surface area (Å²) >= 11 is 0. The Kier molecular flexibility index (Phi) is 4.91. The lowest BCUT2D eigenvalue weighted by Crippen LogP contribution is -2.53. The Labute approximate surface area is 187 Å². The van der Waals surface area contributed by atoms with Crippen molar-refractivity contribution < 1.29 is 9.53 Å². The molecule has 0 unspecified atom stereocenters. The van der Waals surface area contributed by atoms with E-state index in [1.165, 1.54) is 17.5 Å². The third kappa shape index (κ3) is 3.46. The predicted molar refractivity (Wildman–Crippen MR) is 119 cm³/mol. The van der Waals surface area contributed by atoms with Crippen molar-refractivity contribution in [3.63, 3.8) is 0 Å². The second-order valence-corrected chi connectivity index (χ2v) is 9.04. The minimum Gasteiger partial charge on any atom is -0.444 e. The number of rotatable bonds is 3. The van der Waals surface area contributed by atoms with E-state index in [4.69, 9.17) is 4.74 Å². The molecular weight excluding hydrogens is 402 g/mol. The van der Waals surface area contributed by atoms with Gasteiger partial charge < -0.3 is 4.74 Å². The van der Waals surface area contributed by atoms with Crippen molar-refractivity contribution in [2.24, 2.45) is 5.92 Å². The van der Waals surface area contributed by atoms with Crippen LogP contribution in [0.2, 0.25) is 0 Å². The van der Waals surface area contributed by atoms with E-state index >= 15 is 0 Å². The number of hydrogen-bond donors (Lipinski definition) is 0. The van der Waals surface area contributed by atoms with Gasteiger partial charge in [-0.25, -0.2) is 14.5 Å². The lowest BCUT2D eigenvalue weighted by atomic mass is 9.86. The monoisotopic (exact) mass is 429 g/mol. The highest BCUT2D eigenvalue weighted by Gasteiger charge is 2.39. The summed E-state index contributed by atoms with van der Waals surface area (Å²) in [6.07, 6.45) is 6.14. The topological polar surface area (TPSA) is 63.5 Å². The van der Waals surface area contributed by atoms with Crippen LogP contribution in [-0.2, 0) is 11.2 Å². The van der Waals surface area contributed by atoms with Crippen LogP contribution in [0.15, 0.2) is 61.2 Å². The third-order valence-corrected chi connectivity index (χ3v) is 7.26. The minimum absolute atomic E-state index is 0.0116. The highest BCUT2D eigenvalue weighted by atomic mass is 16.6. The highest BCUT2D eigenvalue weighted by molar-refractivity contribution is 5.70. The number of fused-ring (bicyclic) bond motifs is 4. The van der Waals surface area contributed by atoms with Crippen LogP contribution in [0, 0.1) is 5.92 Å². The summed E-state index contributed by atoms with van der Waals surface area (Å²) in [6.45, 7) is 3.80. The van der Waals surface area contributed by atoms with Crippen LogP contribution in [0.1, 0.15) is 35.6 Å². The lowest BCUT2D eigenvalue weighted by Gasteiger charge is -2.45. The van der Waals surface area contributed by atoms with Gasteiger partial charge in [-0.2, -0.15) is 5.10 Å². The lowest BCUT2D eigenvalue weighted by molar-refractivity contribution is -0.0462. The van der Waals surface area contributed by atoms with Crippen molar-refractivity contribution in [1.82, 2.24) is 24.6 Å². The Morgan fingerprint density at radius 3 is 2.53 bits per heavy atom. The molecule has 164 valence electrons. The molecular formula is C25H27N5O2. The van der Waals surface area contributed by atoms with Gasteiger partial charge in [0.25, 0.3) is 0 Å². The van der Waals surface area contributed by atoms with Crippen LogP contribution in [0.5, 0.6) is 0 Å². The number of piperidine rings is 3. The summed E-state index contributed by atoms with van der Waals surface area (Å²) in [5.41, 5.74) is 4.49. The number of hydrogen-bond acceptors (Lipinski definition) is 5. The Morgan fingerprint density at radius 1 is 1.00 bits per heavy atom. The van der Waals surface area contributed by atoms with Gasteiger partial charge >= 0.3 is 6.09 Å². The first-order chi connectivity index (χ1) is 15.8. The summed E-state index contributed by atoms with van der Waals surface area (Å²) in [7, 11) is 0. The molecule has 7 rings (SSSR count). The second-order valence-electron chi connectivity index (χ2n) is 9.04. The number of nitrogens with zero attached hydrogens (tertiary/aromatic N) is 5. The van der Waals surface area contributed by atoms with Crippen molar-refractivity contribution in [1.29, 1.82) is 0 Å².